The summed E-state index contributed by atoms with van der Waals surface area (Å²) in [6.45, 7) is 13.0. The van der Waals surface area contributed by atoms with E-state index in [9.17, 15) is 24.6 Å². The van der Waals surface area contributed by atoms with Crippen molar-refractivity contribution >= 4 is 23.6 Å². The maximum Gasteiger partial charge on any atom is 0.330 e. The summed E-state index contributed by atoms with van der Waals surface area (Å²) in [5, 5.41) is 21.3. The Labute approximate surface area is 251 Å². The summed E-state index contributed by atoms with van der Waals surface area (Å²) < 4.78 is 26.2. The van der Waals surface area contributed by atoms with Crippen molar-refractivity contribution in [3.8, 4) is 17.2 Å². The van der Waals surface area contributed by atoms with Gasteiger partial charge in [-0.15, -0.1) is 0 Å². The van der Waals surface area contributed by atoms with Crippen LogP contribution in [-0.4, -0.2) is 63.4 Å². The predicted molar refractivity (Wildman–Crippen MR) is 157 cm³/mol. The molecule has 3 aliphatic heterocycles. The van der Waals surface area contributed by atoms with E-state index in [-0.39, 0.29) is 40.6 Å². The number of carbonyl (C=O) groups is 3. The summed E-state index contributed by atoms with van der Waals surface area (Å²) in [6, 6.07) is 0. The topological polar surface area (TPSA) is 129 Å². The number of allylic oxidation sites excluding steroid dienone is 2. The molecule has 0 aromatic heterocycles. The lowest BCUT2D eigenvalue weighted by atomic mass is 9.45. The molecule has 0 unspecified atom stereocenters. The van der Waals surface area contributed by atoms with E-state index in [1.165, 1.54) is 20.1 Å². The lowest BCUT2D eigenvalue weighted by Crippen LogP contribution is -2.80. The number of hydrogen-bond donors (Lipinski definition) is 2. The number of benzene rings is 1. The minimum atomic E-state index is -1.65. The number of fused-ring (bicyclic) bond motifs is 2. The average molecular weight is 593 g/mol. The number of Topliss-reactive ketones (excluding diaryl/α,β-unsaturated/α-hetero) is 2. The first-order chi connectivity index (χ1) is 20.0. The molecule has 3 heterocycles. The largest absolute Gasteiger partial charge is 0.506 e. The molecule has 9 nitrogen and oxygen atoms in total. The van der Waals surface area contributed by atoms with Gasteiger partial charge in [-0.25, -0.2) is 4.79 Å². The van der Waals surface area contributed by atoms with Gasteiger partial charge in [-0.2, -0.15) is 0 Å². The normalized spacial score (nSPS) is 34.1. The second-order valence-corrected chi connectivity index (χ2v) is 13.9. The summed E-state index contributed by atoms with van der Waals surface area (Å²) >= 11 is 0. The van der Waals surface area contributed by atoms with Crippen LogP contribution in [0.2, 0.25) is 0 Å². The van der Waals surface area contributed by atoms with E-state index in [1.54, 1.807) is 6.08 Å². The highest BCUT2D eigenvalue weighted by Gasteiger charge is 2.85. The molecule has 4 fully saturated rings. The van der Waals surface area contributed by atoms with Crippen LogP contribution in [0.1, 0.15) is 82.8 Å². The summed E-state index contributed by atoms with van der Waals surface area (Å²) in [6.07, 6.45) is 6.97. The summed E-state index contributed by atoms with van der Waals surface area (Å²) in [7, 11) is 1.48. The van der Waals surface area contributed by atoms with Crippen LogP contribution in [0.5, 0.6) is 17.2 Å². The molecule has 2 N–H and O–H groups in total. The molecule has 7 rings (SSSR count). The average Bonchev–Trinajstić information content (AvgIpc) is 3.06. The van der Waals surface area contributed by atoms with Crippen LogP contribution in [0.25, 0.3) is 6.08 Å². The van der Waals surface area contributed by atoms with Crippen LogP contribution >= 0.6 is 0 Å². The Morgan fingerprint density at radius 1 is 1.09 bits per heavy atom. The number of ketones is 2. The van der Waals surface area contributed by atoms with Crippen molar-refractivity contribution in [2.45, 2.75) is 96.2 Å². The number of ether oxygens (including phenoxy) is 4. The van der Waals surface area contributed by atoms with Crippen molar-refractivity contribution in [3.05, 3.63) is 46.1 Å². The summed E-state index contributed by atoms with van der Waals surface area (Å²) in [5.74, 6) is -3.41. The van der Waals surface area contributed by atoms with E-state index >= 15 is 0 Å². The van der Waals surface area contributed by atoms with Gasteiger partial charge in [0.15, 0.2) is 22.8 Å². The number of hydrogen-bond acceptors (Lipinski definition) is 8. The molecular formula is C34H40O9. The van der Waals surface area contributed by atoms with Gasteiger partial charge in [0, 0.05) is 36.5 Å². The fourth-order valence-corrected chi connectivity index (χ4v) is 8.31. The first-order valence-corrected chi connectivity index (χ1v) is 14.9. The van der Waals surface area contributed by atoms with Gasteiger partial charge >= 0.3 is 5.97 Å². The third-order valence-electron chi connectivity index (χ3n) is 10.2. The Balaban J connectivity index is 1.68. The molecule has 1 spiro atoms. The minimum absolute atomic E-state index is 0.0474. The fraction of sp³-hybridized carbons (Fsp3) is 0.559. The highest BCUT2D eigenvalue weighted by molar-refractivity contribution is 6.10. The van der Waals surface area contributed by atoms with Gasteiger partial charge in [-0.1, -0.05) is 17.7 Å². The molecule has 3 saturated carbocycles. The first kappa shape index (κ1) is 29.6. The number of phenolic OH excluding ortho intramolecular Hbond substituents is 1. The molecular weight excluding hydrogens is 552 g/mol. The number of carboxylic acid groups (broad SMARTS) is 1. The fourth-order valence-electron chi connectivity index (χ4n) is 8.31. The zero-order valence-electron chi connectivity index (χ0n) is 26.0. The number of carboxylic acids is 1. The van der Waals surface area contributed by atoms with E-state index in [2.05, 4.69) is 0 Å². The van der Waals surface area contributed by atoms with Crippen LogP contribution in [0.3, 0.4) is 0 Å². The predicted octanol–water partition coefficient (Wildman–Crippen LogP) is 5.22. The molecule has 9 heteroatoms. The van der Waals surface area contributed by atoms with Crippen molar-refractivity contribution in [1.29, 1.82) is 0 Å². The lowest BCUT2D eigenvalue weighted by Gasteiger charge is -2.62. The van der Waals surface area contributed by atoms with Crippen molar-refractivity contribution in [3.63, 3.8) is 0 Å². The van der Waals surface area contributed by atoms with Crippen molar-refractivity contribution in [2.75, 3.05) is 7.11 Å². The van der Waals surface area contributed by atoms with E-state index in [4.69, 9.17) is 18.9 Å². The molecule has 1 aromatic carbocycles. The SMILES string of the molecule is CO[C@H]1[C@@H]2C[C@H]3C(C)(C)O[C@@](C/C=C(/C)C(=O)O)(C2=O)[C@]32Oc3c(CC=C(C)C)c4c(c(O)c3C(=O)[C@H]12)C=CC(C)(C)O4. The number of carbonyl (C=O) groups excluding carboxylic acids is 2. The second-order valence-electron chi connectivity index (χ2n) is 13.9. The molecule has 6 aliphatic rings. The van der Waals surface area contributed by atoms with E-state index in [0.717, 1.165) is 5.57 Å². The Morgan fingerprint density at radius 2 is 1.79 bits per heavy atom. The van der Waals surface area contributed by atoms with Gasteiger partial charge < -0.3 is 29.2 Å². The molecule has 1 aromatic rings. The number of phenols is 1. The molecule has 4 bridgehead atoms. The molecule has 230 valence electrons. The van der Waals surface area contributed by atoms with Gasteiger partial charge in [0.05, 0.1) is 23.2 Å². The number of methoxy groups -OCH3 is 1. The van der Waals surface area contributed by atoms with E-state index < -0.39 is 52.2 Å². The minimum Gasteiger partial charge on any atom is -0.506 e. The first-order valence-electron chi connectivity index (χ1n) is 14.9. The molecule has 43 heavy (non-hydrogen) atoms. The Hall–Kier alpha value is -3.43. The maximum absolute atomic E-state index is 14.9. The smallest absolute Gasteiger partial charge is 0.330 e. The highest BCUT2D eigenvalue weighted by atomic mass is 16.6. The maximum atomic E-state index is 14.9. The van der Waals surface area contributed by atoms with Crippen molar-refractivity contribution in [2.24, 2.45) is 17.8 Å². The van der Waals surface area contributed by atoms with Gasteiger partial charge in [0.2, 0.25) is 0 Å². The number of aliphatic carboxylic acids is 1. The molecule has 6 atom stereocenters. The molecule has 0 amide bonds. The Morgan fingerprint density at radius 3 is 2.42 bits per heavy atom. The van der Waals surface area contributed by atoms with E-state index in [1.807, 2.05) is 53.7 Å². The van der Waals surface area contributed by atoms with E-state index in [0.29, 0.717) is 29.7 Å². The van der Waals surface area contributed by atoms with Gasteiger partial charge in [-0.3, -0.25) is 9.59 Å². The number of aromatic hydroxyl groups is 1. The third-order valence-corrected chi connectivity index (χ3v) is 10.2. The van der Waals surface area contributed by atoms with Crippen molar-refractivity contribution < 1.29 is 43.5 Å². The number of rotatable bonds is 6. The van der Waals surface area contributed by atoms with Gasteiger partial charge in [0.25, 0.3) is 0 Å². The lowest BCUT2D eigenvalue weighted by molar-refractivity contribution is -0.224. The highest BCUT2D eigenvalue weighted by Crippen LogP contribution is 2.70. The monoisotopic (exact) mass is 592 g/mol. The van der Waals surface area contributed by atoms with Crippen molar-refractivity contribution in [1.82, 2.24) is 0 Å². The second kappa shape index (κ2) is 9.29. The molecule has 0 radical (unpaired) electrons. The quantitative estimate of drug-likeness (QED) is 0.338. The Bertz CT molecular complexity index is 1560. The van der Waals surface area contributed by atoms with Crippen LogP contribution in [0, 0.1) is 17.8 Å². The summed E-state index contributed by atoms with van der Waals surface area (Å²) in [5.41, 5.74) is -2.57. The van der Waals surface area contributed by atoms with Crippen LogP contribution in [0.15, 0.2) is 29.4 Å². The van der Waals surface area contributed by atoms with Gasteiger partial charge in [-0.05, 0) is 73.5 Å². The Kier molecular flexibility index (Phi) is 6.40. The standard InChI is InChI=1S/C34H40O9/c1-16(2)9-10-19-26-18(12-13-31(4,5)41-26)24(35)22-25(36)23-28(40-8)20-15-21-32(6,7)43-33(29(20)37,14-11-17(3)30(38)39)34(21,23)42-27(19)22/h9,11-13,20-21,23,28,35H,10,14-15H2,1-8H3,(H,38,39)/b17-11-/t20-,21-,23+,28-,33-,34-/m0/s1. The van der Waals surface area contributed by atoms with Crippen LogP contribution in [-0.2, 0) is 25.5 Å². The molecule has 1 saturated heterocycles. The van der Waals surface area contributed by atoms with Crippen LogP contribution < -0.4 is 9.47 Å². The zero-order chi connectivity index (χ0) is 31.4. The zero-order valence-corrected chi connectivity index (χ0v) is 26.0. The third kappa shape index (κ3) is 3.80. The molecule has 3 aliphatic carbocycles. The van der Waals surface area contributed by atoms with Crippen LogP contribution in [0.4, 0.5) is 0 Å². The van der Waals surface area contributed by atoms with Gasteiger partial charge in [0.1, 0.15) is 28.4 Å². The summed E-state index contributed by atoms with van der Waals surface area (Å²) in [4.78, 5) is 41.2.